The van der Waals surface area contributed by atoms with Gasteiger partial charge >= 0.3 is 0 Å². The van der Waals surface area contributed by atoms with Crippen molar-refractivity contribution in [3.63, 3.8) is 0 Å². The van der Waals surface area contributed by atoms with Crippen LogP contribution in [0.5, 0.6) is 5.75 Å². The van der Waals surface area contributed by atoms with Crippen LogP contribution in [0.25, 0.3) is 5.70 Å². The second-order valence-electron chi connectivity index (χ2n) is 6.10. The van der Waals surface area contributed by atoms with E-state index in [0.717, 1.165) is 0 Å². The fourth-order valence-electron chi connectivity index (χ4n) is 2.65. The Bertz CT molecular complexity index is 933. The molecule has 0 amide bonds. The van der Waals surface area contributed by atoms with Crippen LogP contribution in [0, 0.1) is 11.3 Å². The highest BCUT2D eigenvalue weighted by Gasteiger charge is 2.28. The number of hydrogen-bond acceptors (Lipinski definition) is 5. The van der Waals surface area contributed by atoms with E-state index in [4.69, 9.17) is 10.00 Å². The molecule has 2 heterocycles. The zero-order valence-electron chi connectivity index (χ0n) is 13.2. The molecule has 1 aliphatic rings. The van der Waals surface area contributed by atoms with E-state index in [9.17, 15) is 15.0 Å². The number of aromatic nitrogens is 1. The van der Waals surface area contributed by atoms with Gasteiger partial charge in [0.2, 0.25) is 0 Å². The van der Waals surface area contributed by atoms with Crippen LogP contribution in [0.1, 0.15) is 36.8 Å². The highest BCUT2D eigenvalue weighted by Crippen LogP contribution is 2.37. The van der Waals surface area contributed by atoms with E-state index in [0.29, 0.717) is 22.6 Å². The minimum Gasteiger partial charge on any atom is -0.483 e. The average molecular weight is 324 g/mol. The number of fused-ring (bicyclic) bond motifs is 1. The van der Waals surface area contributed by atoms with Gasteiger partial charge in [0.05, 0.1) is 17.3 Å². The van der Waals surface area contributed by atoms with Crippen molar-refractivity contribution in [1.29, 1.82) is 5.26 Å². The van der Waals surface area contributed by atoms with Crippen LogP contribution in [0.2, 0.25) is 0 Å². The van der Waals surface area contributed by atoms with E-state index in [1.165, 1.54) is 22.9 Å². The molecule has 1 aromatic carbocycles. The number of aliphatic hydroxyl groups excluding tert-OH is 1. The molecule has 0 spiro atoms. The van der Waals surface area contributed by atoms with Gasteiger partial charge in [0.25, 0.3) is 5.56 Å². The Balaban J connectivity index is 2.27. The first-order valence-electron chi connectivity index (χ1n) is 7.36. The summed E-state index contributed by atoms with van der Waals surface area (Å²) >= 11 is 0. The topological polar surface area (TPSA) is 95.5 Å². The predicted molar refractivity (Wildman–Crippen MR) is 87.1 cm³/mol. The quantitative estimate of drug-likeness (QED) is 0.821. The van der Waals surface area contributed by atoms with Crippen LogP contribution in [0.3, 0.4) is 0 Å². The van der Waals surface area contributed by atoms with Crippen molar-refractivity contribution in [2.75, 3.05) is 0 Å². The van der Waals surface area contributed by atoms with Gasteiger partial charge < -0.3 is 14.9 Å². The summed E-state index contributed by atoms with van der Waals surface area (Å²) in [6, 6.07) is 9.68. The first-order valence-corrected chi connectivity index (χ1v) is 7.36. The van der Waals surface area contributed by atoms with Gasteiger partial charge in [0, 0.05) is 23.4 Å². The molecule has 1 aliphatic heterocycles. The third-order valence-corrected chi connectivity index (χ3v) is 3.73. The zero-order chi connectivity index (χ0) is 17.5. The minimum absolute atomic E-state index is 0.192. The molecule has 6 nitrogen and oxygen atoms in total. The molecule has 0 atom stereocenters. The van der Waals surface area contributed by atoms with Gasteiger partial charge in [-0.2, -0.15) is 5.26 Å². The maximum Gasteiger partial charge on any atom is 0.255 e. The van der Waals surface area contributed by atoms with E-state index >= 15 is 0 Å². The van der Waals surface area contributed by atoms with Crippen molar-refractivity contribution >= 4 is 5.70 Å². The van der Waals surface area contributed by atoms with Crippen LogP contribution in [0.4, 0.5) is 0 Å². The van der Waals surface area contributed by atoms with Crippen LogP contribution in [-0.2, 0) is 0 Å². The van der Waals surface area contributed by atoms with Gasteiger partial charge in [-0.1, -0.05) is 0 Å². The normalized spacial score (nSPS) is 15.2. The Morgan fingerprint density at radius 2 is 2.00 bits per heavy atom. The lowest BCUT2D eigenvalue weighted by atomic mass is 9.97. The number of benzene rings is 1. The number of hydrogen-bond donors (Lipinski definition) is 2. The van der Waals surface area contributed by atoms with Gasteiger partial charge in [-0.3, -0.25) is 9.36 Å². The number of nitriles is 1. The Morgan fingerprint density at radius 3 is 2.67 bits per heavy atom. The SMILES string of the molecule is CC1(C)C=C(n2cc(C(O)O)ccc2=O)c2cc(C#N)ccc2O1. The van der Waals surface area contributed by atoms with Gasteiger partial charge in [-0.25, -0.2) is 0 Å². The Kier molecular flexibility index (Phi) is 3.76. The smallest absolute Gasteiger partial charge is 0.255 e. The fraction of sp³-hybridized carbons (Fsp3) is 0.222. The monoisotopic (exact) mass is 324 g/mol. The van der Waals surface area contributed by atoms with Crippen molar-refractivity contribution in [3.8, 4) is 11.8 Å². The zero-order valence-corrected chi connectivity index (χ0v) is 13.2. The predicted octanol–water partition coefficient (Wildman–Crippen LogP) is 1.76. The van der Waals surface area contributed by atoms with Crippen LogP contribution in [-0.4, -0.2) is 20.4 Å². The standard InChI is InChI=1S/C18H16N2O4/c1-18(2)8-14(13-7-11(9-19)3-5-15(13)24-18)20-10-12(17(22)23)4-6-16(20)21/h3-8,10,17,22-23H,1-2H3. The number of nitrogens with zero attached hydrogens (tertiary/aromatic N) is 2. The van der Waals surface area contributed by atoms with Crippen molar-refractivity contribution in [2.24, 2.45) is 0 Å². The van der Waals surface area contributed by atoms with Crippen molar-refractivity contribution in [3.05, 3.63) is 69.6 Å². The summed E-state index contributed by atoms with van der Waals surface area (Å²) in [5, 5.41) is 27.9. The Morgan fingerprint density at radius 1 is 1.25 bits per heavy atom. The molecule has 0 radical (unpaired) electrons. The number of aliphatic hydroxyl groups is 2. The number of rotatable bonds is 2. The third kappa shape index (κ3) is 2.83. The first-order chi connectivity index (χ1) is 11.3. The maximum absolute atomic E-state index is 12.3. The van der Waals surface area contributed by atoms with Gasteiger partial charge in [0.15, 0.2) is 6.29 Å². The molecule has 1 aromatic heterocycles. The molecule has 0 saturated heterocycles. The number of pyridine rings is 1. The lowest BCUT2D eigenvalue weighted by molar-refractivity contribution is -0.0428. The molecule has 0 unspecified atom stereocenters. The molecular weight excluding hydrogens is 308 g/mol. The van der Waals surface area contributed by atoms with Crippen LogP contribution < -0.4 is 10.3 Å². The summed E-state index contributed by atoms with van der Waals surface area (Å²) in [7, 11) is 0. The maximum atomic E-state index is 12.3. The number of ether oxygens (including phenoxy) is 1. The summed E-state index contributed by atoms with van der Waals surface area (Å²) < 4.78 is 7.22. The summed E-state index contributed by atoms with van der Waals surface area (Å²) in [5.41, 5.74) is 0.777. The summed E-state index contributed by atoms with van der Waals surface area (Å²) in [6.45, 7) is 3.70. The van der Waals surface area contributed by atoms with E-state index in [2.05, 4.69) is 6.07 Å². The van der Waals surface area contributed by atoms with Gasteiger partial charge in [-0.05, 0) is 44.2 Å². The molecule has 0 bridgehead atoms. The Hall–Kier alpha value is -2.88. The second-order valence-corrected chi connectivity index (χ2v) is 6.10. The molecule has 0 aliphatic carbocycles. The molecule has 24 heavy (non-hydrogen) atoms. The van der Waals surface area contributed by atoms with Gasteiger partial charge in [0.1, 0.15) is 11.4 Å². The average Bonchev–Trinajstić information content (AvgIpc) is 2.53. The summed E-state index contributed by atoms with van der Waals surface area (Å²) in [4.78, 5) is 12.3. The molecular formula is C18H16N2O4. The van der Waals surface area contributed by atoms with E-state index in [1.807, 2.05) is 13.8 Å². The molecule has 0 fully saturated rings. The van der Waals surface area contributed by atoms with Crippen LogP contribution >= 0.6 is 0 Å². The highest BCUT2D eigenvalue weighted by atomic mass is 16.5. The molecule has 122 valence electrons. The second kappa shape index (κ2) is 5.64. The van der Waals surface area contributed by atoms with E-state index in [1.54, 1.807) is 24.3 Å². The van der Waals surface area contributed by atoms with E-state index in [-0.39, 0.29) is 11.1 Å². The van der Waals surface area contributed by atoms with Crippen molar-refractivity contribution < 1.29 is 14.9 Å². The van der Waals surface area contributed by atoms with E-state index < -0.39 is 11.9 Å². The molecule has 2 aromatic rings. The summed E-state index contributed by atoms with van der Waals surface area (Å²) in [5.74, 6) is 0.554. The molecule has 3 rings (SSSR count). The Labute approximate surface area is 138 Å². The lowest BCUT2D eigenvalue weighted by Gasteiger charge is -2.31. The largest absolute Gasteiger partial charge is 0.483 e. The van der Waals surface area contributed by atoms with Crippen molar-refractivity contribution in [2.45, 2.75) is 25.7 Å². The van der Waals surface area contributed by atoms with Crippen molar-refractivity contribution in [1.82, 2.24) is 4.57 Å². The molecule has 6 heteroatoms. The third-order valence-electron chi connectivity index (χ3n) is 3.73. The summed E-state index contributed by atoms with van der Waals surface area (Å²) in [6.07, 6.45) is 1.46. The van der Waals surface area contributed by atoms with Gasteiger partial charge in [-0.15, -0.1) is 0 Å². The fourth-order valence-corrected chi connectivity index (χ4v) is 2.65. The minimum atomic E-state index is -1.68. The van der Waals surface area contributed by atoms with Crippen LogP contribution in [0.15, 0.2) is 47.4 Å². The molecule has 0 saturated carbocycles. The highest BCUT2D eigenvalue weighted by molar-refractivity contribution is 5.74. The lowest BCUT2D eigenvalue weighted by Crippen LogP contribution is -2.32. The molecule has 2 N–H and O–H groups in total. The first kappa shape index (κ1) is 16.0.